The van der Waals surface area contributed by atoms with E-state index in [1.165, 1.54) is 10.8 Å². The summed E-state index contributed by atoms with van der Waals surface area (Å²) in [7, 11) is 0. The molecule has 0 aliphatic carbocycles. The average molecular weight is 241 g/mol. The molecule has 1 aliphatic rings. The summed E-state index contributed by atoms with van der Waals surface area (Å²) in [6.45, 7) is 1.42. The van der Waals surface area contributed by atoms with Crippen LogP contribution in [0.3, 0.4) is 0 Å². The standard InChI is InChI=1S/C10H15N3O4/c1-5-3-13(10(16)12-9(5)15)8-2-6(11)7(4-14)17-8/h3,6-8,14H,2,4,11H2,1H3,(H,12,15,16)/t6-,7+,8-/m1/s1. The minimum Gasteiger partial charge on any atom is -0.394 e. The third kappa shape index (κ3) is 2.17. The highest BCUT2D eigenvalue weighted by Crippen LogP contribution is 2.25. The van der Waals surface area contributed by atoms with E-state index in [1.807, 2.05) is 0 Å². The molecule has 1 aromatic rings. The van der Waals surface area contributed by atoms with Gasteiger partial charge in [-0.1, -0.05) is 0 Å². The number of nitrogens with two attached hydrogens (primary N) is 1. The van der Waals surface area contributed by atoms with E-state index in [4.69, 9.17) is 15.6 Å². The topological polar surface area (TPSA) is 110 Å². The minimum atomic E-state index is -0.537. The highest BCUT2D eigenvalue weighted by molar-refractivity contribution is 5.02. The van der Waals surface area contributed by atoms with Crippen molar-refractivity contribution in [2.45, 2.75) is 31.7 Å². The number of aromatic nitrogens is 2. The van der Waals surface area contributed by atoms with Crippen LogP contribution in [-0.2, 0) is 4.74 Å². The van der Waals surface area contributed by atoms with E-state index in [2.05, 4.69) is 4.98 Å². The number of nitrogens with one attached hydrogen (secondary N) is 1. The van der Waals surface area contributed by atoms with E-state index in [9.17, 15) is 9.59 Å². The van der Waals surface area contributed by atoms with Gasteiger partial charge >= 0.3 is 5.69 Å². The fourth-order valence-corrected chi connectivity index (χ4v) is 1.90. The van der Waals surface area contributed by atoms with Crippen LogP contribution in [0.25, 0.3) is 0 Å². The molecular weight excluding hydrogens is 226 g/mol. The van der Waals surface area contributed by atoms with Gasteiger partial charge in [0.25, 0.3) is 5.56 Å². The maximum atomic E-state index is 11.6. The summed E-state index contributed by atoms with van der Waals surface area (Å²) in [6.07, 6.45) is 0.860. The zero-order valence-electron chi connectivity index (χ0n) is 9.42. The van der Waals surface area contributed by atoms with Crippen LogP contribution in [-0.4, -0.2) is 33.4 Å². The van der Waals surface area contributed by atoms with E-state index in [1.54, 1.807) is 6.92 Å². The number of H-pyrrole nitrogens is 1. The maximum Gasteiger partial charge on any atom is 0.330 e. The molecule has 1 aromatic heterocycles. The Labute approximate surface area is 96.8 Å². The predicted molar refractivity (Wildman–Crippen MR) is 59.6 cm³/mol. The fourth-order valence-electron chi connectivity index (χ4n) is 1.90. The Morgan fingerprint density at radius 2 is 2.35 bits per heavy atom. The third-order valence-electron chi connectivity index (χ3n) is 2.92. The third-order valence-corrected chi connectivity index (χ3v) is 2.92. The second-order valence-electron chi connectivity index (χ2n) is 4.19. The zero-order chi connectivity index (χ0) is 12.6. The molecule has 0 spiro atoms. The average Bonchev–Trinajstić information content (AvgIpc) is 2.65. The van der Waals surface area contributed by atoms with Crippen LogP contribution in [0, 0.1) is 6.92 Å². The fraction of sp³-hybridized carbons (Fsp3) is 0.600. The molecule has 94 valence electrons. The highest BCUT2D eigenvalue weighted by atomic mass is 16.5. The highest BCUT2D eigenvalue weighted by Gasteiger charge is 2.33. The summed E-state index contributed by atoms with van der Waals surface area (Å²) in [5, 5.41) is 9.02. The van der Waals surface area contributed by atoms with Crippen molar-refractivity contribution in [1.29, 1.82) is 0 Å². The van der Waals surface area contributed by atoms with Crippen LogP contribution in [0.15, 0.2) is 15.8 Å². The molecule has 7 heteroatoms. The molecule has 2 rings (SSSR count). The molecule has 0 saturated carbocycles. The first-order chi connectivity index (χ1) is 8.02. The summed E-state index contributed by atoms with van der Waals surface area (Å²) < 4.78 is 6.75. The SMILES string of the molecule is Cc1cn([C@H]2C[C@@H](N)[C@H](CO)O2)c(=O)[nH]c1=O. The summed E-state index contributed by atoms with van der Waals surface area (Å²) >= 11 is 0. The lowest BCUT2D eigenvalue weighted by molar-refractivity contribution is -0.0271. The van der Waals surface area contributed by atoms with Gasteiger partial charge in [0.15, 0.2) is 0 Å². The van der Waals surface area contributed by atoms with Gasteiger partial charge in [-0.25, -0.2) is 4.79 Å². The van der Waals surface area contributed by atoms with Crippen LogP contribution in [0.5, 0.6) is 0 Å². The molecule has 4 N–H and O–H groups in total. The minimum absolute atomic E-state index is 0.186. The van der Waals surface area contributed by atoms with E-state index < -0.39 is 23.6 Å². The number of aryl methyl sites for hydroxylation is 1. The van der Waals surface area contributed by atoms with Gasteiger partial charge in [-0.3, -0.25) is 14.3 Å². The molecule has 0 bridgehead atoms. The Kier molecular flexibility index (Phi) is 3.14. The van der Waals surface area contributed by atoms with Crippen LogP contribution >= 0.6 is 0 Å². The summed E-state index contributed by atoms with van der Waals surface area (Å²) in [5.74, 6) is 0. The largest absolute Gasteiger partial charge is 0.394 e. The van der Waals surface area contributed by atoms with Crippen molar-refractivity contribution in [2.24, 2.45) is 5.73 Å². The van der Waals surface area contributed by atoms with E-state index in [-0.39, 0.29) is 12.6 Å². The number of hydrogen-bond donors (Lipinski definition) is 3. The zero-order valence-corrected chi connectivity index (χ0v) is 9.42. The number of rotatable bonds is 2. The Morgan fingerprint density at radius 1 is 1.65 bits per heavy atom. The Hall–Kier alpha value is -1.44. The van der Waals surface area contributed by atoms with Gasteiger partial charge in [0, 0.05) is 24.2 Å². The lowest BCUT2D eigenvalue weighted by Gasteiger charge is -2.14. The molecule has 1 saturated heterocycles. The normalized spacial score (nSPS) is 28.5. The van der Waals surface area contributed by atoms with Gasteiger partial charge in [-0.2, -0.15) is 0 Å². The van der Waals surface area contributed by atoms with E-state index in [0.29, 0.717) is 12.0 Å². The predicted octanol–water partition coefficient (Wildman–Crippen LogP) is -1.55. The van der Waals surface area contributed by atoms with Gasteiger partial charge in [-0.05, 0) is 6.92 Å². The van der Waals surface area contributed by atoms with Crippen molar-refractivity contribution in [1.82, 2.24) is 9.55 Å². The first-order valence-electron chi connectivity index (χ1n) is 5.37. The van der Waals surface area contributed by atoms with Crippen molar-refractivity contribution in [3.8, 4) is 0 Å². The quantitative estimate of drug-likeness (QED) is 0.580. The molecule has 2 heterocycles. The molecule has 1 aliphatic heterocycles. The molecule has 0 amide bonds. The second-order valence-corrected chi connectivity index (χ2v) is 4.19. The van der Waals surface area contributed by atoms with E-state index >= 15 is 0 Å². The van der Waals surface area contributed by atoms with Gasteiger partial charge in [-0.15, -0.1) is 0 Å². The number of aromatic amines is 1. The van der Waals surface area contributed by atoms with Crippen molar-refractivity contribution >= 4 is 0 Å². The summed E-state index contributed by atoms with van der Waals surface area (Å²) in [4.78, 5) is 25.0. The van der Waals surface area contributed by atoms with Crippen LogP contribution < -0.4 is 17.0 Å². The lowest BCUT2D eigenvalue weighted by atomic mass is 10.1. The molecule has 1 fully saturated rings. The smallest absolute Gasteiger partial charge is 0.330 e. The van der Waals surface area contributed by atoms with Gasteiger partial charge in [0.2, 0.25) is 0 Å². The van der Waals surface area contributed by atoms with Crippen LogP contribution in [0.4, 0.5) is 0 Å². The summed E-state index contributed by atoms with van der Waals surface area (Å²) in [6, 6.07) is -0.316. The summed E-state index contributed by atoms with van der Waals surface area (Å²) in [5.41, 5.74) is 5.25. The van der Waals surface area contributed by atoms with Gasteiger partial charge in [0.05, 0.1) is 12.7 Å². The number of hydrogen-bond acceptors (Lipinski definition) is 5. The molecule has 7 nitrogen and oxygen atoms in total. The molecule has 17 heavy (non-hydrogen) atoms. The van der Waals surface area contributed by atoms with Gasteiger partial charge in [0.1, 0.15) is 6.23 Å². The van der Waals surface area contributed by atoms with Crippen LogP contribution in [0.1, 0.15) is 18.2 Å². The second kappa shape index (κ2) is 4.44. The first-order valence-corrected chi connectivity index (χ1v) is 5.37. The molecule has 0 aromatic carbocycles. The Balaban J connectivity index is 2.34. The number of nitrogens with zero attached hydrogens (tertiary/aromatic N) is 1. The lowest BCUT2D eigenvalue weighted by Crippen LogP contribution is -2.33. The van der Waals surface area contributed by atoms with Crippen molar-refractivity contribution < 1.29 is 9.84 Å². The Morgan fingerprint density at radius 3 is 2.94 bits per heavy atom. The van der Waals surface area contributed by atoms with Crippen LogP contribution in [0.2, 0.25) is 0 Å². The van der Waals surface area contributed by atoms with Crippen molar-refractivity contribution in [2.75, 3.05) is 6.61 Å². The van der Waals surface area contributed by atoms with Crippen molar-refractivity contribution in [3.05, 3.63) is 32.6 Å². The van der Waals surface area contributed by atoms with E-state index in [0.717, 1.165) is 0 Å². The number of aliphatic hydroxyl groups is 1. The number of ether oxygens (including phenoxy) is 1. The molecule has 0 unspecified atom stereocenters. The molecule has 0 radical (unpaired) electrons. The Bertz CT molecular complexity index is 521. The maximum absolute atomic E-state index is 11.6. The first kappa shape index (κ1) is 12.0. The molecule has 3 atom stereocenters. The monoisotopic (exact) mass is 241 g/mol. The molecular formula is C10H15N3O4. The van der Waals surface area contributed by atoms with Crippen molar-refractivity contribution in [3.63, 3.8) is 0 Å². The van der Waals surface area contributed by atoms with Gasteiger partial charge < -0.3 is 15.6 Å². The number of aliphatic hydroxyl groups excluding tert-OH is 1.